The highest BCUT2D eigenvalue weighted by Gasteiger charge is 2.02. The minimum Gasteiger partial charge on any atom is -0.457 e. The quantitative estimate of drug-likeness (QED) is 0.161. The van der Waals surface area contributed by atoms with Crippen molar-refractivity contribution in [1.29, 1.82) is 0 Å². The molecule has 0 saturated carbocycles. The van der Waals surface area contributed by atoms with Crippen molar-refractivity contribution < 1.29 is 9.47 Å². The second kappa shape index (κ2) is 12.5. The monoisotopic (exact) mass is 624 g/mol. The van der Waals surface area contributed by atoms with Crippen molar-refractivity contribution in [1.82, 2.24) is 0 Å². The highest BCUT2D eigenvalue weighted by atomic mass is 79.9. The molecule has 0 N–H and O–H groups in total. The third-order valence-electron chi connectivity index (χ3n) is 5.43. The van der Waals surface area contributed by atoms with Gasteiger partial charge in [-0.15, -0.1) is 0 Å². The molecule has 0 radical (unpaired) electrons. The van der Waals surface area contributed by atoms with Crippen LogP contribution >= 0.6 is 31.9 Å². The maximum absolute atomic E-state index is 5.97. The van der Waals surface area contributed by atoms with E-state index in [9.17, 15) is 0 Å². The molecule has 0 atom stereocenters. The summed E-state index contributed by atoms with van der Waals surface area (Å²) in [6, 6.07) is 38.8. The number of aliphatic imine (C=N–C) groups is 2. The van der Waals surface area contributed by atoms with Crippen LogP contribution in [-0.2, 0) is 0 Å². The molecule has 6 heteroatoms. The standard InChI is InChI=1S/C32H22Br2N2O2/c33-25-5-1-23(2-6-25)21-35-27-9-13-29(14-10-27)37-31-17-19-32(20-18-31)38-30-15-11-28(12-16-30)36-22-24-3-7-26(34)8-4-24/h1-22H. The Morgan fingerprint density at radius 3 is 1.00 bits per heavy atom. The lowest BCUT2D eigenvalue weighted by atomic mass is 10.2. The summed E-state index contributed by atoms with van der Waals surface area (Å²) in [7, 11) is 0. The summed E-state index contributed by atoms with van der Waals surface area (Å²) in [5.74, 6) is 2.92. The van der Waals surface area contributed by atoms with E-state index in [-0.39, 0.29) is 0 Å². The molecule has 38 heavy (non-hydrogen) atoms. The first-order valence-corrected chi connectivity index (χ1v) is 13.4. The van der Waals surface area contributed by atoms with Gasteiger partial charge in [-0.2, -0.15) is 0 Å². The Labute approximate surface area is 238 Å². The second-order valence-corrected chi connectivity index (χ2v) is 10.1. The maximum atomic E-state index is 5.97. The van der Waals surface area contributed by atoms with Gasteiger partial charge in [-0.1, -0.05) is 56.1 Å². The van der Waals surface area contributed by atoms with Crippen LogP contribution in [0.1, 0.15) is 11.1 Å². The number of benzene rings is 5. The SMILES string of the molecule is Brc1ccc(C=Nc2ccc(Oc3ccc(Oc4ccc(N=Cc5ccc(Br)cc5)cc4)cc3)cc2)cc1. The molecule has 5 aromatic rings. The van der Waals surface area contributed by atoms with Gasteiger partial charge in [-0.3, -0.25) is 9.98 Å². The summed E-state index contributed by atoms with van der Waals surface area (Å²) < 4.78 is 14.0. The Kier molecular flexibility index (Phi) is 8.43. The second-order valence-electron chi connectivity index (χ2n) is 8.28. The van der Waals surface area contributed by atoms with E-state index in [1.807, 2.05) is 134 Å². The first kappa shape index (κ1) is 25.6. The van der Waals surface area contributed by atoms with Crippen molar-refractivity contribution in [2.24, 2.45) is 9.98 Å². The number of nitrogens with zero attached hydrogens (tertiary/aromatic N) is 2. The average Bonchev–Trinajstić information content (AvgIpc) is 2.95. The molecular weight excluding hydrogens is 604 g/mol. The van der Waals surface area contributed by atoms with Gasteiger partial charge in [-0.25, -0.2) is 0 Å². The predicted molar refractivity (Wildman–Crippen MR) is 162 cm³/mol. The van der Waals surface area contributed by atoms with Gasteiger partial charge >= 0.3 is 0 Å². The summed E-state index contributed by atoms with van der Waals surface area (Å²) in [5.41, 5.74) is 3.79. The summed E-state index contributed by atoms with van der Waals surface area (Å²) in [6.07, 6.45) is 3.68. The van der Waals surface area contributed by atoms with Crippen molar-refractivity contribution in [2.75, 3.05) is 0 Å². The largest absolute Gasteiger partial charge is 0.457 e. The van der Waals surface area contributed by atoms with Crippen molar-refractivity contribution in [3.05, 3.63) is 141 Å². The minimum absolute atomic E-state index is 0.723. The molecule has 0 heterocycles. The number of rotatable bonds is 8. The normalized spacial score (nSPS) is 11.2. The van der Waals surface area contributed by atoms with Gasteiger partial charge in [0.1, 0.15) is 23.0 Å². The summed E-state index contributed by atoms with van der Waals surface area (Å²) >= 11 is 6.88. The molecular formula is C32H22Br2N2O2. The molecule has 0 unspecified atom stereocenters. The molecule has 0 saturated heterocycles. The zero-order valence-corrected chi connectivity index (χ0v) is 23.3. The third-order valence-corrected chi connectivity index (χ3v) is 6.49. The summed E-state index contributed by atoms with van der Waals surface area (Å²) in [6.45, 7) is 0. The fourth-order valence-electron chi connectivity index (χ4n) is 3.44. The molecule has 0 amide bonds. The molecule has 0 spiro atoms. The molecule has 0 bridgehead atoms. The lowest BCUT2D eigenvalue weighted by Gasteiger charge is -2.09. The first-order valence-electron chi connectivity index (χ1n) is 11.8. The van der Waals surface area contributed by atoms with Crippen molar-refractivity contribution in [2.45, 2.75) is 0 Å². The van der Waals surface area contributed by atoms with Crippen LogP contribution in [-0.4, -0.2) is 12.4 Å². The van der Waals surface area contributed by atoms with E-state index in [1.165, 1.54) is 0 Å². The Morgan fingerprint density at radius 2 is 0.684 bits per heavy atom. The van der Waals surface area contributed by atoms with Crippen LogP contribution in [0.2, 0.25) is 0 Å². The van der Waals surface area contributed by atoms with Crippen LogP contribution in [0.3, 0.4) is 0 Å². The minimum atomic E-state index is 0.723. The fraction of sp³-hybridized carbons (Fsp3) is 0. The van der Waals surface area contributed by atoms with Gasteiger partial charge in [0.25, 0.3) is 0 Å². The molecule has 5 aromatic carbocycles. The van der Waals surface area contributed by atoms with E-state index in [1.54, 1.807) is 0 Å². The Morgan fingerprint density at radius 1 is 0.395 bits per heavy atom. The van der Waals surface area contributed by atoms with E-state index in [0.717, 1.165) is 54.4 Å². The number of halogens is 2. The van der Waals surface area contributed by atoms with Crippen molar-refractivity contribution in [3.63, 3.8) is 0 Å². The van der Waals surface area contributed by atoms with Gasteiger partial charge in [0.2, 0.25) is 0 Å². The maximum Gasteiger partial charge on any atom is 0.127 e. The van der Waals surface area contributed by atoms with Gasteiger partial charge < -0.3 is 9.47 Å². The molecule has 0 aliphatic heterocycles. The van der Waals surface area contributed by atoms with E-state index in [2.05, 4.69) is 41.8 Å². The lowest BCUT2D eigenvalue weighted by Crippen LogP contribution is -1.86. The highest BCUT2D eigenvalue weighted by Crippen LogP contribution is 2.29. The third kappa shape index (κ3) is 7.51. The zero-order valence-electron chi connectivity index (χ0n) is 20.2. The van der Waals surface area contributed by atoms with E-state index in [0.29, 0.717) is 0 Å². The van der Waals surface area contributed by atoms with Gasteiger partial charge in [0.05, 0.1) is 11.4 Å². The molecule has 0 aliphatic carbocycles. The predicted octanol–water partition coefficient (Wildman–Crippen LogP) is 10.3. The highest BCUT2D eigenvalue weighted by molar-refractivity contribution is 9.10. The van der Waals surface area contributed by atoms with Crippen LogP contribution in [0.4, 0.5) is 11.4 Å². The van der Waals surface area contributed by atoms with Crippen LogP contribution in [0.25, 0.3) is 0 Å². The number of hydrogen-bond donors (Lipinski definition) is 0. The molecule has 0 fully saturated rings. The fourth-order valence-corrected chi connectivity index (χ4v) is 3.97. The van der Waals surface area contributed by atoms with Gasteiger partial charge in [0, 0.05) is 21.4 Å². The smallest absolute Gasteiger partial charge is 0.127 e. The summed E-state index contributed by atoms with van der Waals surface area (Å²) in [4.78, 5) is 9.03. The van der Waals surface area contributed by atoms with Crippen molar-refractivity contribution >= 4 is 55.7 Å². The molecule has 0 aromatic heterocycles. The Balaban J connectivity index is 1.14. The van der Waals surface area contributed by atoms with E-state index >= 15 is 0 Å². The van der Waals surface area contributed by atoms with Gasteiger partial charge in [-0.05, 0) is 108 Å². The Bertz CT molecular complexity index is 1410. The molecule has 0 aliphatic rings. The molecule has 5 rings (SSSR count). The van der Waals surface area contributed by atoms with Crippen LogP contribution in [0, 0.1) is 0 Å². The topological polar surface area (TPSA) is 43.2 Å². The zero-order chi connectivity index (χ0) is 26.2. The van der Waals surface area contributed by atoms with Crippen LogP contribution < -0.4 is 9.47 Å². The van der Waals surface area contributed by atoms with Crippen molar-refractivity contribution in [3.8, 4) is 23.0 Å². The Hall–Kier alpha value is -4.00. The average molecular weight is 626 g/mol. The number of ether oxygens (including phenoxy) is 2. The molecule has 186 valence electrons. The lowest BCUT2D eigenvalue weighted by molar-refractivity contribution is 0.469. The van der Waals surface area contributed by atoms with E-state index in [4.69, 9.17) is 9.47 Å². The van der Waals surface area contributed by atoms with Gasteiger partial charge in [0.15, 0.2) is 0 Å². The summed E-state index contributed by atoms with van der Waals surface area (Å²) in [5, 5.41) is 0. The number of hydrogen-bond acceptors (Lipinski definition) is 4. The first-order chi connectivity index (χ1) is 18.6. The van der Waals surface area contributed by atoms with Crippen LogP contribution in [0.5, 0.6) is 23.0 Å². The van der Waals surface area contributed by atoms with E-state index < -0.39 is 0 Å². The molecule has 4 nitrogen and oxygen atoms in total. The van der Waals surface area contributed by atoms with Crippen LogP contribution in [0.15, 0.2) is 140 Å².